The Labute approximate surface area is 132 Å². The van der Waals surface area contributed by atoms with Crippen LogP contribution in [0.1, 0.15) is 66.2 Å². The van der Waals surface area contributed by atoms with E-state index in [1.54, 1.807) is 0 Å². The Morgan fingerprint density at radius 1 is 0.905 bits per heavy atom. The van der Waals surface area contributed by atoms with E-state index >= 15 is 0 Å². The molecular formula is C15H32O4S2. The van der Waals surface area contributed by atoms with Crippen molar-refractivity contribution in [2.24, 2.45) is 0 Å². The fourth-order valence-corrected chi connectivity index (χ4v) is 7.22. The Morgan fingerprint density at radius 2 is 1.48 bits per heavy atom. The molecule has 0 aliphatic carbocycles. The molecule has 0 aromatic carbocycles. The van der Waals surface area contributed by atoms with Gasteiger partial charge in [-0.2, -0.15) is 8.42 Å². The van der Waals surface area contributed by atoms with Crippen LogP contribution in [-0.4, -0.2) is 37.2 Å². The fraction of sp³-hybridized carbons (Fsp3) is 0.933. The van der Waals surface area contributed by atoms with E-state index in [2.05, 4.69) is 6.92 Å². The minimum absolute atomic E-state index is 0.0578. The number of carbonyl (C=O) groups is 1. The van der Waals surface area contributed by atoms with Gasteiger partial charge in [-0.3, -0.25) is 4.79 Å². The normalized spacial score (nSPS) is 13.3. The highest BCUT2D eigenvalue weighted by Gasteiger charge is 2.30. The van der Waals surface area contributed by atoms with Gasteiger partial charge in [0.05, 0.1) is 11.5 Å². The Hall–Kier alpha value is -0.0700. The molecular weight excluding hydrogens is 308 g/mol. The van der Waals surface area contributed by atoms with Crippen molar-refractivity contribution in [1.29, 1.82) is 0 Å². The molecule has 0 heterocycles. The van der Waals surface area contributed by atoms with Crippen LogP contribution < -0.4 is 0 Å². The first-order valence-electron chi connectivity index (χ1n) is 8.06. The Bertz CT molecular complexity index is 386. The van der Waals surface area contributed by atoms with Crippen LogP contribution in [0, 0.1) is 0 Å². The molecule has 0 saturated heterocycles. The third-order valence-electron chi connectivity index (χ3n) is 3.53. The van der Waals surface area contributed by atoms with Crippen molar-refractivity contribution in [2.45, 2.75) is 66.2 Å². The summed E-state index contributed by atoms with van der Waals surface area (Å²) in [5, 5.41) is 0. The number of hydrogen-bond donors (Lipinski definition) is 0. The molecule has 128 valence electrons. The number of carbonyl (C=O) groups excluding carboxylic acids is 1. The summed E-state index contributed by atoms with van der Waals surface area (Å²) in [6, 6.07) is 0. The number of hydrogen-bond acceptors (Lipinski definition) is 4. The quantitative estimate of drug-likeness (QED) is 0.475. The lowest BCUT2D eigenvalue weighted by atomic mass is 10.2. The van der Waals surface area contributed by atoms with Gasteiger partial charge < -0.3 is 0 Å². The highest BCUT2D eigenvalue weighted by molar-refractivity contribution is 8.33. The molecule has 0 aromatic rings. The summed E-state index contributed by atoms with van der Waals surface area (Å²) in [6.07, 6.45) is 4.98. The maximum Gasteiger partial charge on any atom is 0.276 e. The molecule has 0 N–H and O–H groups in total. The highest BCUT2D eigenvalue weighted by atomic mass is 32.3. The van der Waals surface area contributed by atoms with E-state index in [0.29, 0.717) is 24.3 Å². The molecule has 0 amide bonds. The fourth-order valence-electron chi connectivity index (χ4n) is 2.04. The van der Waals surface area contributed by atoms with Crippen molar-refractivity contribution in [3.63, 3.8) is 0 Å². The van der Waals surface area contributed by atoms with Crippen LogP contribution in [-0.2, 0) is 18.5 Å². The van der Waals surface area contributed by atoms with Crippen LogP contribution in [0.15, 0.2) is 0 Å². The largest absolute Gasteiger partial charge is 0.299 e. The highest BCUT2D eigenvalue weighted by Crippen LogP contribution is 2.50. The molecule has 0 aliphatic rings. The SMILES string of the molecule is CCCCCC(=O)CS(CC)(CC)OS(=O)(=O)CCCC. The molecule has 0 atom stereocenters. The average molecular weight is 341 g/mol. The van der Waals surface area contributed by atoms with Crippen LogP contribution >= 0.6 is 10.3 Å². The zero-order valence-electron chi connectivity index (χ0n) is 14.0. The van der Waals surface area contributed by atoms with E-state index < -0.39 is 20.4 Å². The van der Waals surface area contributed by atoms with E-state index in [1.165, 1.54) is 0 Å². The van der Waals surface area contributed by atoms with Crippen LogP contribution in [0.5, 0.6) is 0 Å². The molecule has 6 heteroatoms. The molecule has 0 saturated carbocycles. The summed E-state index contributed by atoms with van der Waals surface area (Å²) in [5.41, 5.74) is 0. The molecule has 0 spiro atoms. The molecule has 0 aromatic heterocycles. The summed E-state index contributed by atoms with van der Waals surface area (Å²) in [5.74, 6) is 1.73. The average Bonchev–Trinajstić information content (AvgIpc) is 2.44. The van der Waals surface area contributed by atoms with Gasteiger partial charge in [0.15, 0.2) is 0 Å². The molecule has 0 rings (SSSR count). The number of unbranched alkanes of at least 4 members (excludes halogenated alkanes) is 3. The standard InChI is InChI=1S/C15H32O4S2/c1-5-9-11-12-15(16)14-20(7-3,8-4)19-21(17,18)13-10-6-2/h5-14H2,1-4H3. The molecule has 0 unspecified atom stereocenters. The second kappa shape index (κ2) is 10.6. The third-order valence-corrected chi connectivity index (χ3v) is 9.26. The lowest BCUT2D eigenvalue weighted by Crippen LogP contribution is -2.24. The second-order valence-corrected chi connectivity index (χ2v) is 10.8. The predicted molar refractivity (Wildman–Crippen MR) is 92.5 cm³/mol. The number of ketones is 1. The Kier molecular flexibility index (Phi) is 10.6. The smallest absolute Gasteiger partial charge is 0.276 e. The lowest BCUT2D eigenvalue weighted by molar-refractivity contribution is -0.116. The van der Waals surface area contributed by atoms with E-state index in [4.69, 9.17) is 3.63 Å². The second-order valence-electron chi connectivity index (χ2n) is 5.37. The van der Waals surface area contributed by atoms with Gasteiger partial charge >= 0.3 is 0 Å². The van der Waals surface area contributed by atoms with Crippen molar-refractivity contribution in [3.05, 3.63) is 0 Å². The van der Waals surface area contributed by atoms with Gasteiger partial charge in [-0.15, -0.1) is 10.3 Å². The minimum Gasteiger partial charge on any atom is -0.299 e. The number of rotatable bonds is 13. The first-order chi connectivity index (χ1) is 9.84. The topological polar surface area (TPSA) is 60.4 Å². The van der Waals surface area contributed by atoms with E-state index in [0.717, 1.165) is 25.7 Å². The first-order valence-corrected chi connectivity index (χ1v) is 11.7. The van der Waals surface area contributed by atoms with Crippen molar-refractivity contribution in [3.8, 4) is 0 Å². The van der Waals surface area contributed by atoms with Crippen LogP contribution in [0.4, 0.5) is 0 Å². The third kappa shape index (κ3) is 8.83. The van der Waals surface area contributed by atoms with Crippen molar-refractivity contribution >= 4 is 26.2 Å². The molecule has 0 bridgehead atoms. The van der Waals surface area contributed by atoms with Crippen molar-refractivity contribution in [1.82, 2.24) is 0 Å². The Morgan fingerprint density at radius 3 is 1.95 bits per heavy atom. The van der Waals surface area contributed by atoms with E-state index in [1.807, 2.05) is 20.8 Å². The lowest BCUT2D eigenvalue weighted by Gasteiger charge is -2.35. The summed E-state index contributed by atoms with van der Waals surface area (Å²) in [4.78, 5) is 12.1. The molecule has 0 fully saturated rings. The first kappa shape index (κ1) is 20.9. The molecule has 4 nitrogen and oxygen atoms in total. The van der Waals surface area contributed by atoms with E-state index in [9.17, 15) is 13.2 Å². The van der Waals surface area contributed by atoms with Crippen LogP contribution in [0.2, 0.25) is 0 Å². The summed E-state index contributed by atoms with van der Waals surface area (Å²) >= 11 is 0. The zero-order valence-corrected chi connectivity index (χ0v) is 15.7. The minimum atomic E-state index is -3.51. The van der Waals surface area contributed by atoms with Gasteiger partial charge in [-0.1, -0.05) is 47.0 Å². The maximum absolute atomic E-state index is 12.1. The van der Waals surface area contributed by atoms with Gasteiger partial charge in [0.2, 0.25) is 0 Å². The van der Waals surface area contributed by atoms with Gasteiger partial charge in [0.25, 0.3) is 10.1 Å². The van der Waals surface area contributed by atoms with Crippen molar-refractivity contribution in [2.75, 3.05) is 23.0 Å². The summed E-state index contributed by atoms with van der Waals surface area (Å²) in [6.45, 7) is 7.90. The summed E-state index contributed by atoms with van der Waals surface area (Å²) < 4.78 is 29.6. The molecule has 0 radical (unpaired) electrons. The number of Topliss-reactive ketones (excluding diaryl/α,β-unsaturated/α-hetero) is 1. The molecule has 21 heavy (non-hydrogen) atoms. The predicted octanol–water partition coefficient (Wildman–Crippen LogP) is 4.04. The van der Waals surface area contributed by atoms with Gasteiger partial charge in [0.1, 0.15) is 5.78 Å². The monoisotopic (exact) mass is 340 g/mol. The van der Waals surface area contributed by atoms with Gasteiger partial charge in [-0.25, -0.2) is 3.63 Å². The van der Waals surface area contributed by atoms with Crippen LogP contribution in [0.3, 0.4) is 0 Å². The molecule has 0 aliphatic heterocycles. The van der Waals surface area contributed by atoms with E-state index in [-0.39, 0.29) is 17.3 Å². The Balaban J connectivity index is 4.72. The van der Waals surface area contributed by atoms with Crippen LogP contribution in [0.25, 0.3) is 0 Å². The maximum atomic E-state index is 12.1. The van der Waals surface area contributed by atoms with Crippen molar-refractivity contribution < 1.29 is 16.8 Å². The summed E-state index contributed by atoms with van der Waals surface area (Å²) in [7, 11) is -5.35. The zero-order chi connectivity index (χ0) is 16.4. The van der Waals surface area contributed by atoms with Gasteiger partial charge in [-0.05, 0) is 24.3 Å². The van der Waals surface area contributed by atoms with Gasteiger partial charge in [0, 0.05) is 6.42 Å².